The standard InChI is InChI=1S/C38H49N5O3/c1-28-29(2)43(15-4-14-40-19-17-39(3)18-20-40)35-11-7-32(26-34(28)35)25-30-5-9-33(10-6-30)38(46)42-23-21-41(22-24-42)16-13-31-8-12-36(44)37(45)27-31/h5-12,26-27,44-45H,4,13-25H2,1-3H3. The number of aromatic hydroxyl groups is 2. The van der Waals surface area contributed by atoms with Crippen molar-refractivity contribution in [2.75, 3.05) is 72.5 Å². The molecular formula is C38H49N5O3. The summed E-state index contributed by atoms with van der Waals surface area (Å²) in [5, 5.41) is 20.6. The largest absolute Gasteiger partial charge is 0.504 e. The third-order valence-electron chi connectivity index (χ3n) is 10.2. The lowest BCUT2D eigenvalue weighted by molar-refractivity contribution is 0.0638. The molecule has 244 valence electrons. The van der Waals surface area contributed by atoms with E-state index in [1.807, 2.05) is 23.1 Å². The van der Waals surface area contributed by atoms with Gasteiger partial charge in [-0.1, -0.05) is 24.3 Å². The Hall–Kier alpha value is -3.85. The van der Waals surface area contributed by atoms with Crippen molar-refractivity contribution in [1.29, 1.82) is 0 Å². The second-order valence-corrected chi connectivity index (χ2v) is 13.3. The number of fused-ring (bicyclic) bond motifs is 1. The Balaban J connectivity index is 1.00. The van der Waals surface area contributed by atoms with Gasteiger partial charge in [-0.05, 0) is 105 Å². The van der Waals surface area contributed by atoms with Gasteiger partial charge in [0.1, 0.15) is 0 Å². The molecule has 3 aromatic carbocycles. The van der Waals surface area contributed by atoms with E-state index in [1.165, 1.54) is 72.0 Å². The van der Waals surface area contributed by atoms with Crippen LogP contribution in [-0.4, -0.2) is 113 Å². The summed E-state index contributed by atoms with van der Waals surface area (Å²) >= 11 is 0. The molecule has 3 heterocycles. The average molecular weight is 624 g/mol. The molecule has 1 aromatic heterocycles. The van der Waals surface area contributed by atoms with Crippen LogP contribution in [0.2, 0.25) is 0 Å². The van der Waals surface area contributed by atoms with Crippen LogP contribution in [0.4, 0.5) is 0 Å². The van der Waals surface area contributed by atoms with Crippen LogP contribution in [0.15, 0.2) is 60.7 Å². The summed E-state index contributed by atoms with van der Waals surface area (Å²) in [5.41, 5.74) is 8.31. The van der Waals surface area contributed by atoms with Crippen LogP contribution in [0.5, 0.6) is 11.5 Å². The van der Waals surface area contributed by atoms with Crippen molar-refractivity contribution in [1.82, 2.24) is 24.2 Å². The lowest BCUT2D eigenvalue weighted by Gasteiger charge is -2.34. The lowest BCUT2D eigenvalue weighted by atomic mass is 10.0. The zero-order valence-electron chi connectivity index (χ0n) is 27.7. The number of amides is 1. The maximum atomic E-state index is 13.3. The summed E-state index contributed by atoms with van der Waals surface area (Å²) < 4.78 is 2.51. The smallest absolute Gasteiger partial charge is 0.253 e. The van der Waals surface area contributed by atoms with Gasteiger partial charge in [0.25, 0.3) is 5.91 Å². The Kier molecular flexibility index (Phi) is 9.97. The Morgan fingerprint density at radius 3 is 2.07 bits per heavy atom. The summed E-state index contributed by atoms with van der Waals surface area (Å²) in [6.07, 6.45) is 2.80. The molecule has 2 aliphatic rings. The number of hydrogen-bond acceptors (Lipinski definition) is 6. The van der Waals surface area contributed by atoms with Gasteiger partial charge in [0.15, 0.2) is 11.5 Å². The molecule has 2 N–H and O–H groups in total. The highest BCUT2D eigenvalue weighted by molar-refractivity contribution is 5.94. The number of nitrogens with zero attached hydrogens (tertiary/aromatic N) is 5. The molecule has 2 aliphatic heterocycles. The number of carbonyl (C=O) groups excluding carboxylic acids is 1. The predicted molar refractivity (Wildman–Crippen MR) is 185 cm³/mol. The van der Waals surface area contributed by atoms with Crippen molar-refractivity contribution < 1.29 is 15.0 Å². The van der Waals surface area contributed by atoms with Crippen LogP contribution in [-0.2, 0) is 19.4 Å². The number of phenolic OH excluding ortho intramolecular Hbond substituents is 2. The van der Waals surface area contributed by atoms with Gasteiger partial charge >= 0.3 is 0 Å². The molecule has 0 saturated carbocycles. The van der Waals surface area contributed by atoms with Gasteiger partial charge in [-0.15, -0.1) is 0 Å². The van der Waals surface area contributed by atoms with E-state index < -0.39 is 0 Å². The van der Waals surface area contributed by atoms with Crippen LogP contribution < -0.4 is 0 Å². The summed E-state index contributed by atoms with van der Waals surface area (Å²) in [7, 11) is 2.21. The average Bonchev–Trinajstić information content (AvgIpc) is 3.30. The van der Waals surface area contributed by atoms with E-state index >= 15 is 0 Å². The molecule has 8 heteroatoms. The molecule has 2 saturated heterocycles. The maximum absolute atomic E-state index is 13.3. The normalized spacial score (nSPS) is 16.8. The van der Waals surface area contributed by atoms with Crippen LogP contribution in [0.25, 0.3) is 10.9 Å². The molecule has 4 aromatic rings. The van der Waals surface area contributed by atoms with E-state index in [-0.39, 0.29) is 17.4 Å². The number of likely N-dealkylation sites (N-methyl/N-ethyl adjacent to an activating group) is 1. The molecule has 0 radical (unpaired) electrons. The molecular weight excluding hydrogens is 574 g/mol. The Morgan fingerprint density at radius 1 is 0.696 bits per heavy atom. The molecule has 46 heavy (non-hydrogen) atoms. The van der Waals surface area contributed by atoms with Gasteiger partial charge < -0.3 is 29.5 Å². The highest BCUT2D eigenvalue weighted by Crippen LogP contribution is 2.28. The van der Waals surface area contributed by atoms with Gasteiger partial charge in [-0.2, -0.15) is 0 Å². The summed E-state index contributed by atoms with van der Waals surface area (Å²) in [6.45, 7) is 15.3. The minimum atomic E-state index is -0.0934. The molecule has 6 rings (SSSR count). The third kappa shape index (κ3) is 7.41. The number of phenols is 2. The Labute approximate surface area is 273 Å². The SMILES string of the molecule is Cc1c(C)n(CCCN2CCN(C)CC2)c2ccc(Cc3ccc(C(=O)N4CCN(CCc5ccc(O)c(O)c5)CC4)cc3)cc12. The highest BCUT2D eigenvalue weighted by atomic mass is 16.3. The number of piperazine rings is 2. The zero-order chi connectivity index (χ0) is 32.2. The van der Waals surface area contributed by atoms with Crippen LogP contribution in [0.3, 0.4) is 0 Å². The van der Waals surface area contributed by atoms with Gasteiger partial charge in [0.05, 0.1) is 0 Å². The first-order valence-electron chi connectivity index (χ1n) is 16.9. The highest BCUT2D eigenvalue weighted by Gasteiger charge is 2.22. The fourth-order valence-electron chi connectivity index (χ4n) is 6.99. The number of benzene rings is 3. The summed E-state index contributed by atoms with van der Waals surface area (Å²) in [4.78, 5) is 22.6. The van der Waals surface area contributed by atoms with E-state index in [0.29, 0.717) is 13.1 Å². The summed E-state index contributed by atoms with van der Waals surface area (Å²) in [5.74, 6) is -0.0805. The van der Waals surface area contributed by atoms with Crippen LogP contribution >= 0.6 is 0 Å². The molecule has 8 nitrogen and oxygen atoms in total. The number of rotatable bonds is 10. The first kappa shape index (κ1) is 32.1. The van der Waals surface area contributed by atoms with Gasteiger partial charge in [-0.25, -0.2) is 0 Å². The van der Waals surface area contributed by atoms with Gasteiger partial charge in [-0.3, -0.25) is 9.69 Å². The summed E-state index contributed by atoms with van der Waals surface area (Å²) in [6, 6.07) is 20.1. The molecule has 1 amide bonds. The van der Waals surface area contributed by atoms with Crippen molar-refractivity contribution in [2.45, 2.75) is 39.7 Å². The second-order valence-electron chi connectivity index (χ2n) is 13.3. The van der Waals surface area contributed by atoms with Gasteiger partial charge in [0.2, 0.25) is 0 Å². The minimum Gasteiger partial charge on any atom is -0.504 e. The molecule has 0 atom stereocenters. The van der Waals surface area contributed by atoms with Crippen LogP contribution in [0, 0.1) is 13.8 Å². The monoisotopic (exact) mass is 623 g/mol. The zero-order valence-corrected chi connectivity index (χ0v) is 27.7. The topological polar surface area (TPSA) is 75.4 Å². The lowest BCUT2D eigenvalue weighted by Crippen LogP contribution is -2.49. The minimum absolute atomic E-state index is 0.0807. The first-order valence-corrected chi connectivity index (χ1v) is 16.9. The number of aromatic nitrogens is 1. The fraction of sp³-hybridized carbons (Fsp3) is 0.447. The quantitative estimate of drug-likeness (QED) is 0.245. The van der Waals surface area contributed by atoms with Crippen molar-refractivity contribution in [3.05, 3.63) is 94.2 Å². The van der Waals surface area contributed by atoms with E-state index in [9.17, 15) is 15.0 Å². The Morgan fingerprint density at radius 2 is 1.35 bits per heavy atom. The third-order valence-corrected chi connectivity index (χ3v) is 10.2. The first-order chi connectivity index (χ1) is 22.2. The number of carbonyl (C=O) groups is 1. The molecule has 2 fully saturated rings. The van der Waals surface area contributed by atoms with Crippen molar-refractivity contribution in [3.63, 3.8) is 0 Å². The van der Waals surface area contributed by atoms with Crippen molar-refractivity contribution in [2.24, 2.45) is 0 Å². The van der Waals surface area contributed by atoms with Crippen molar-refractivity contribution >= 4 is 16.8 Å². The number of aryl methyl sites for hydroxylation is 2. The predicted octanol–water partition coefficient (Wildman–Crippen LogP) is 4.90. The maximum Gasteiger partial charge on any atom is 0.253 e. The number of hydrogen-bond donors (Lipinski definition) is 2. The molecule has 0 spiro atoms. The van der Waals surface area contributed by atoms with E-state index in [1.54, 1.807) is 6.07 Å². The molecule has 0 aliphatic carbocycles. The molecule has 0 bridgehead atoms. The molecule has 0 unspecified atom stereocenters. The van der Waals surface area contributed by atoms with E-state index in [2.05, 4.69) is 70.5 Å². The van der Waals surface area contributed by atoms with Gasteiger partial charge in [0, 0.05) is 87.6 Å². The van der Waals surface area contributed by atoms with E-state index in [0.717, 1.165) is 56.7 Å². The second kappa shape index (κ2) is 14.3. The van der Waals surface area contributed by atoms with Crippen molar-refractivity contribution in [3.8, 4) is 11.5 Å². The van der Waals surface area contributed by atoms with Crippen LogP contribution in [0.1, 0.15) is 44.7 Å². The Bertz CT molecular complexity index is 1650. The fourth-order valence-corrected chi connectivity index (χ4v) is 6.99. The van der Waals surface area contributed by atoms with E-state index in [4.69, 9.17) is 0 Å².